The molecule has 1 aliphatic carbocycles. The van der Waals surface area contributed by atoms with Crippen LogP contribution in [0.4, 0.5) is 10.5 Å². The van der Waals surface area contributed by atoms with Crippen LogP contribution in [0.15, 0.2) is 18.2 Å². The van der Waals surface area contributed by atoms with Gasteiger partial charge in [-0.05, 0) is 43.9 Å². The number of carbonyl (C=O) groups excluding carboxylic acids is 1. The summed E-state index contributed by atoms with van der Waals surface area (Å²) in [6.07, 6.45) is 6.60. The summed E-state index contributed by atoms with van der Waals surface area (Å²) < 4.78 is 10.5. The van der Waals surface area contributed by atoms with Crippen LogP contribution in [0, 0.1) is 5.92 Å². The Bertz CT molecular complexity index is 587. The number of likely N-dealkylation sites (tertiary alicyclic amines) is 1. The molecule has 3 rings (SSSR count). The van der Waals surface area contributed by atoms with Gasteiger partial charge >= 0.3 is 6.03 Å². The summed E-state index contributed by atoms with van der Waals surface area (Å²) in [5, 5.41) is 5.86. The molecule has 0 spiro atoms. The number of rotatable bonds is 6. The summed E-state index contributed by atoms with van der Waals surface area (Å²) in [7, 11) is 3.18. The highest BCUT2D eigenvalue weighted by Crippen LogP contribution is 2.29. The fourth-order valence-corrected chi connectivity index (χ4v) is 3.94. The quantitative estimate of drug-likeness (QED) is 0.830. The van der Waals surface area contributed by atoms with Gasteiger partial charge in [-0.3, -0.25) is 0 Å². The number of hydrogen-bond donors (Lipinski definition) is 2. The van der Waals surface area contributed by atoms with Crippen molar-refractivity contribution in [3.63, 3.8) is 0 Å². The molecule has 0 aromatic heterocycles. The molecule has 25 heavy (non-hydrogen) atoms. The first kappa shape index (κ1) is 17.9. The number of benzene rings is 1. The maximum absolute atomic E-state index is 12.2. The SMILES string of the molecule is COc1ccc(NC(=O)NC[C@H]2CCN(C3CCCC3)C2)c(OC)c1. The van der Waals surface area contributed by atoms with E-state index in [9.17, 15) is 4.79 Å². The fraction of sp³-hybridized carbons (Fsp3) is 0.632. The Morgan fingerprint density at radius 2 is 2.00 bits per heavy atom. The van der Waals surface area contributed by atoms with E-state index in [1.54, 1.807) is 32.4 Å². The Morgan fingerprint density at radius 3 is 2.72 bits per heavy atom. The molecule has 1 aromatic rings. The number of urea groups is 1. The van der Waals surface area contributed by atoms with Crippen molar-refractivity contribution in [1.82, 2.24) is 10.2 Å². The van der Waals surface area contributed by atoms with Gasteiger partial charge in [0.2, 0.25) is 0 Å². The lowest BCUT2D eigenvalue weighted by molar-refractivity contribution is 0.234. The van der Waals surface area contributed by atoms with Gasteiger partial charge in [0, 0.05) is 25.2 Å². The number of ether oxygens (including phenoxy) is 2. The fourth-order valence-electron chi connectivity index (χ4n) is 3.94. The summed E-state index contributed by atoms with van der Waals surface area (Å²) in [6.45, 7) is 3.00. The Balaban J connectivity index is 1.45. The maximum Gasteiger partial charge on any atom is 0.319 e. The summed E-state index contributed by atoms with van der Waals surface area (Å²) in [6, 6.07) is 5.93. The predicted octanol–water partition coefficient (Wildman–Crippen LogP) is 3.09. The van der Waals surface area contributed by atoms with Crippen LogP contribution in [-0.2, 0) is 0 Å². The maximum atomic E-state index is 12.2. The first-order valence-corrected chi connectivity index (χ1v) is 9.20. The molecular formula is C19H29N3O3. The normalized spacial score (nSPS) is 21.3. The highest BCUT2D eigenvalue weighted by atomic mass is 16.5. The molecule has 138 valence electrons. The van der Waals surface area contributed by atoms with E-state index in [1.165, 1.54) is 38.6 Å². The third-order valence-electron chi connectivity index (χ3n) is 5.37. The number of methoxy groups -OCH3 is 2. The third-order valence-corrected chi connectivity index (χ3v) is 5.37. The number of anilines is 1. The zero-order valence-electron chi connectivity index (χ0n) is 15.2. The molecule has 1 aromatic carbocycles. The molecule has 0 bridgehead atoms. The molecule has 1 saturated carbocycles. The molecule has 2 fully saturated rings. The van der Waals surface area contributed by atoms with Gasteiger partial charge < -0.3 is 25.0 Å². The summed E-state index contributed by atoms with van der Waals surface area (Å²) in [5.74, 6) is 1.83. The molecule has 2 N–H and O–H groups in total. The number of nitrogens with one attached hydrogen (secondary N) is 2. The van der Waals surface area contributed by atoms with Crippen LogP contribution >= 0.6 is 0 Å². The largest absolute Gasteiger partial charge is 0.497 e. The van der Waals surface area contributed by atoms with Gasteiger partial charge in [-0.1, -0.05) is 12.8 Å². The van der Waals surface area contributed by atoms with Crippen LogP contribution in [0.5, 0.6) is 11.5 Å². The van der Waals surface area contributed by atoms with E-state index < -0.39 is 0 Å². The highest BCUT2D eigenvalue weighted by molar-refractivity contribution is 5.91. The van der Waals surface area contributed by atoms with Crippen LogP contribution in [-0.4, -0.2) is 50.8 Å². The topological polar surface area (TPSA) is 62.8 Å². The molecular weight excluding hydrogens is 318 g/mol. The lowest BCUT2D eigenvalue weighted by atomic mass is 10.1. The molecule has 1 aliphatic heterocycles. The second-order valence-electron chi connectivity index (χ2n) is 6.99. The van der Waals surface area contributed by atoms with Gasteiger partial charge in [-0.2, -0.15) is 0 Å². The van der Waals surface area contributed by atoms with Crippen LogP contribution in [0.1, 0.15) is 32.1 Å². The summed E-state index contributed by atoms with van der Waals surface area (Å²) in [5.41, 5.74) is 0.639. The standard InChI is InChI=1S/C19H29N3O3/c1-24-16-7-8-17(18(11-16)25-2)21-19(23)20-12-14-9-10-22(13-14)15-5-3-4-6-15/h7-8,11,14-15H,3-6,9-10,12-13H2,1-2H3,(H2,20,21,23)/t14-/m1/s1. The number of carbonyl (C=O) groups is 1. The van der Waals surface area contributed by atoms with Crippen molar-refractivity contribution >= 4 is 11.7 Å². The van der Waals surface area contributed by atoms with E-state index in [1.807, 2.05) is 0 Å². The van der Waals surface area contributed by atoms with Gasteiger partial charge in [-0.25, -0.2) is 4.79 Å². The minimum Gasteiger partial charge on any atom is -0.497 e. The number of nitrogens with zero attached hydrogens (tertiary/aromatic N) is 1. The Morgan fingerprint density at radius 1 is 1.20 bits per heavy atom. The average molecular weight is 347 g/mol. The van der Waals surface area contributed by atoms with E-state index in [0.717, 1.165) is 12.6 Å². The molecule has 6 heteroatoms. The second kappa shape index (κ2) is 8.43. The first-order chi connectivity index (χ1) is 12.2. The summed E-state index contributed by atoms with van der Waals surface area (Å²) >= 11 is 0. The lowest BCUT2D eigenvalue weighted by Crippen LogP contribution is -2.35. The van der Waals surface area contributed by atoms with Gasteiger partial charge in [0.25, 0.3) is 0 Å². The van der Waals surface area contributed by atoms with Gasteiger partial charge in [0.1, 0.15) is 11.5 Å². The summed E-state index contributed by atoms with van der Waals surface area (Å²) in [4.78, 5) is 14.8. The van der Waals surface area contributed by atoms with E-state index in [-0.39, 0.29) is 6.03 Å². The average Bonchev–Trinajstić information content (AvgIpc) is 3.31. The third kappa shape index (κ3) is 4.57. The van der Waals surface area contributed by atoms with Gasteiger partial charge in [0.15, 0.2) is 0 Å². The molecule has 1 saturated heterocycles. The lowest BCUT2D eigenvalue weighted by Gasteiger charge is -2.23. The molecule has 0 unspecified atom stereocenters. The van der Waals surface area contributed by atoms with Gasteiger partial charge in [-0.15, -0.1) is 0 Å². The minimum atomic E-state index is -0.192. The smallest absolute Gasteiger partial charge is 0.319 e. The van der Waals surface area contributed by atoms with E-state index in [0.29, 0.717) is 29.6 Å². The zero-order valence-corrected chi connectivity index (χ0v) is 15.2. The van der Waals surface area contributed by atoms with Crippen LogP contribution < -0.4 is 20.1 Å². The Kier molecular flexibility index (Phi) is 6.02. The molecule has 1 heterocycles. The second-order valence-corrected chi connectivity index (χ2v) is 6.99. The molecule has 2 aliphatic rings. The molecule has 1 atom stereocenters. The van der Waals surface area contributed by atoms with Crippen molar-refractivity contribution in [2.24, 2.45) is 5.92 Å². The van der Waals surface area contributed by atoms with Crippen LogP contribution in [0.2, 0.25) is 0 Å². The monoisotopic (exact) mass is 347 g/mol. The van der Waals surface area contributed by atoms with Crippen molar-refractivity contribution < 1.29 is 14.3 Å². The van der Waals surface area contributed by atoms with E-state index >= 15 is 0 Å². The minimum absolute atomic E-state index is 0.192. The van der Waals surface area contributed by atoms with E-state index in [2.05, 4.69) is 15.5 Å². The van der Waals surface area contributed by atoms with Crippen molar-refractivity contribution in [3.05, 3.63) is 18.2 Å². The van der Waals surface area contributed by atoms with Crippen LogP contribution in [0.3, 0.4) is 0 Å². The Labute approximate surface area is 149 Å². The number of amides is 2. The molecule has 2 amide bonds. The predicted molar refractivity (Wildman–Crippen MR) is 98.5 cm³/mol. The van der Waals surface area contributed by atoms with Crippen molar-refractivity contribution in [2.45, 2.75) is 38.1 Å². The van der Waals surface area contributed by atoms with Crippen LogP contribution in [0.25, 0.3) is 0 Å². The zero-order chi connectivity index (χ0) is 17.6. The van der Waals surface area contributed by atoms with E-state index in [4.69, 9.17) is 9.47 Å². The first-order valence-electron chi connectivity index (χ1n) is 9.20. The van der Waals surface area contributed by atoms with Crippen molar-refractivity contribution in [2.75, 3.05) is 39.2 Å². The number of hydrogen-bond acceptors (Lipinski definition) is 4. The Hall–Kier alpha value is -1.95. The molecule has 0 radical (unpaired) electrons. The van der Waals surface area contributed by atoms with Gasteiger partial charge in [0.05, 0.1) is 19.9 Å². The van der Waals surface area contributed by atoms with Crippen molar-refractivity contribution in [1.29, 1.82) is 0 Å². The molecule has 6 nitrogen and oxygen atoms in total. The highest BCUT2D eigenvalue weighted by Gasteiger charge is 2.29. The van der Waals surface area contributed by atoms with Crippen molar-refractivity contribution in [3.8, 4) is 11.5 Å².